The quantitative estimate of drug-likeness (QED) is 0.223. The van der Waals surface area contributed by atoms with Gasteiger partial charge in [0.25, 0.3) is 5.91 Å². The molecule has 2 aromatic rings. The topological polar surface area (TPSA) is 202 Å². The third-order valence-corrected chi connectivity index (χ3v) is 8.30. The Morgan fingerprint density at radius 3 is 2.34 bits per heavy atom. The summed E-state index contributed by atoms with van der Waals surface area (Å²) in [4.78, 5) is 84.7. The summed E-state index contributed by atoms with van der Waals surface area (Å²) in [5.74, 6) is -3.34. The van der Waals surface area contributed by atoms with Crippen molar-refractivity contribution in [1.82, 2.24) is 36.5 Å². The molecule has 3 heterocycles. The third-order valence-electron chi connectivity index (χ3n) is 8.30. The van der Waals surface area contributed by atoms with Crippen molar-refractivity contribution in [3.05, 3.63) is 59.9 Å². The van der Waals surface area contributed by atoms with Gasteiger partial charge in [0.2, 0.25) is 29.5 Å². The van der Waals surface area contributed by atoms with Crippen molar-refractivity contribution in [1.29, 1.82) is 0 Å². The average molecular weight is 652 g/mol. The Balaban J connectivity index is 1.65. The minimum Gasteiger partial charge on any atom is -0.391 e. The summed E-state index contributed by atoms with van der Waals surface area (Å²) in [5.41, 5.74) is 1.07. The van der Waals surface area contributed by atoms with E-state index >= 15 is 0 Å². The van der Waals surface area contributed by atoms with Crippen molar-refractivity contribution in [3.8, 4) is 0 Å². The molecule has 2 saturated heterocycles. The van der Waals surface area contributed by atoms with Gasteiger partial charge >= 0.3 is 0 Å². The Bertz CT molecular complexity index is 1420. The second kappa shape index (κ2) is 16.2. The number of fused-ring (bicyclic) bond motifs is 1. The number of nitrogens with one attached hydrogen (secondary N) is 6. The van der Waals surface area contributed by atoms with Gasteiger partial charge < -0.3 is 41.6 Å². The van der Waals surface area contributed by atoms with Gasteiger partial charge in [-0.05, 0) is 43.7 Å². The van der Waals surface area contributed by atoms with Gasteiger partial charge in [0.1, 0.15) is 30.2 Å². The van der Waals surface area contributed by atoms with Crippen LogP contribution in [0.3, 0.4) is 0 Å². The summed E-state index contributed by atoms with van der Waals surface area (Å²) < 4.78 is 0. The van der Waals surface area contributed by atoms with Crippen LogP contribution in [-0.4, -0.2) is 99.8 Å². The first-order chi connectivity index (χ1) is 22.4. The molecule has 0 saturated carbocycles. The van der Waals surface area contributed by atoms with E-state index in [1.165, 1.54) is 18.0 Å². The molecular formula is C33H45N7O7. The first kappa shape index (κ1) is 35.1. The van der Waals surface area contributed by atoms with Crippen LogP contribution in [0.4, 0.5) is 0 Å². The number of carbonyl (C=O) groups is 6. The van der Waals surface area contributed by atoms with E-state index in [9.17, 15) is 33.9 Å². The number of aliphatic hydroxyl groups excluding tert-OH is 1. The largest absolute Gasteiger partial charge is 0.391 e. The van der Waals surface area contributed by atoms with Crippen LogP contribution in [0.5, 0.6) is 0 Å². The van der Waals surface area contributed by atoms with Crippen molar-refractivity contribution in [2.45, 2.75) is 89.2 Å². The molecule has 7 N–H and O–H groups in total. The molecule has 1 aromatic heterocycles. The summed E-state index contributed by atoms with van der Waals surface area (Å²) in [6, 6.07) is 5.41. The Morgan fingerprint density at radius 1 is 0.957 bits per heavy atom. The zero-order valence-electron chi connectivity index (χ0n) is 27.0. The standard InChI is InChI=1S/C33H45N7O7/c1-19(2)14-25-30(44)36-20(3)33(47)40-18-23(41)16-27(40)32(46)35-12-7-10-24(37-28(42)22-11-13-34-17-22)29(43)39-26(31(45)38-25)15-21-8-5-4-6-9-21/h4-6,8-9,11,13,17,19-20,23-27,34,41H,7,10,12,14-16,18H2,1-3H3,(H,35,46)(H,36,44)(H,37,42)(H,38,45)(H,39,43)/t20-,23+,24-,25-,26+,27-/m0/s1. The number of aromatic amines is 1. The molecule has 6 amide bonds. The van der Waals surface area contributed by atoms with Gasteiger partial charge in [-0.25, -0.2) is 0 Å². The van der Waals surface area contributed by atoms with Gasteiger partial charge in [-0.1, -0.05) is 44.2 Å². The SMILES string of the molecule is CC(C)C[C@@H]1NC(=O)[C@@H](Cc2ccccc2)NC(=O)[C@@H](NC(=O)c2cc[nH]c2)CCCNC(=O)[C@@H]2C[C@@H](O)CN2C(=O)[C@H](C)NC1=O. The molecule has 0 radical (unpaired) electrons. The molecule has 14 heteroatoms. The van der Waals surface area contributed by atoms with E-state index in [2.05, 4.69) is 31.6 Å². The predicted molar refractivity (Wildman–Crippen MR) is 171 cm³/mol. The molecule has 14 nitrogen and oxygen atoms in total. The number of amides is 6. The Morgan fingerprint density at radius 2 is 1.66 bits per heavy atom. The maximum atomic E-state index is 13.8. The number of hydrogen-bond donors (Lipinski definition) is 7. The highest BCUT2D eigenvalue weighted by atomic mass is 16.3. The molecule has 2 aliphatic rings. The van der Waals surface area contributed by atoms with Crippen molar-refractivity contribution in [2.24, 2.45) is 5.92 Å². The Hall–Kier alpha value is -4.72. The number of benzene rings is 1. The summed E-state index contributed by atoms with van der Waals surface area (Å²) in [6.45, 7) is 5.31. The molecule has 47 heavy (non-hydrogen) atoms. The highest BCUT2D eigenvalue weighted by Gasteiger charge is 2.41. The average Bonchev–Trinajstić information content (AvgIpc) is 3.71. The molecule has 6 atom stereocenters. The lowest BCUT2D eigenvalue weighted by molar-refractivity contribution is -0.141. The molecular weight excluding hydrogens is 606 g/mol. The van der Waals surface area contributed by atoms with E-state index in [4.69, 9.17) is 0 Å². The van der Waals surface area contributed by atoms with Gasteiger partial charge in [0.05, 0.1) is 11.7 Å². The summed E-state index contributed by atoms with van der Waals surface area (Å²) >= 11 is 0. The molecule has 2 aliphatic heterocycles. The number of rotatable bonds is 6. The van der Waals surface area contributed by atoms with E-state index in [1.54, 1.807) is 12.3 Å². The third kappa shape index (κ3) is 9.64. The van der Waals surface area contributed by atoms with Crippen LogP contribution >= 0.6 is 0 Å². The van der Waals surface area contributed by atoms with E-state index < -0.39 is 71.8 Å². The van der Waals surface area contributed by atoms with Crippen LogP contribution in [0, 0.1) is 5.92 Å². The molecule has 0 bridgehead atoms. The maximum absolute atomic E-state index is 13.8. The number of carbonyl (C=O) groups excluding carboxylic acids is 6. The molecule has 2 fully saturated rings. The zero-order chi connectivity index (χ0) is 34.1. The molecule has 0 aliphatic carbocycles. The fraction of sp³-hybridized carbons (Fsp3) is 0.515. The summed E-state index contributed by atoms with van der Waals surface area (Å²) in [6.07, 6.45) is 2.93. The van der Waals surface area contributed by atoms with Crippen molar-refractivity contribution < 1.29 is 33.9 Å². The first-order valence-electron chi connectivity index (χ1n) is 16.1. The van der Waals surface area contributed by atoms with Gasteiger partial charge in [-0.2, -0.15) is 0 Å². The molecule has 4 rings (SSSR count). The molecule has 0 unspecified atom stereocenters. The van der Waals surface area contributed by atoms with E-state index in [1.807, 2.05) is 44.2 Å². The van der Waals surface area contributed by atoms with Crippen LogP contribution in [0.25, 0.3) is 0 Å². The van der Waals surface area contributed by atoms with Crippen LogP contribution in [-0.2, 0) is 30.4 Å². The van der Waals surface area contributed by atoms with Crippen LogP contribution in [0.15, 0.2) is 48.8 Å². The van der Waals surface area contributed by atoms with E-state index in [-0.39, 0.29) is 51.1 Å². The van der Waals surface area contributed by atoms with Crippen molar-refractivity contribution in [3.63, 3.8) is 0 Å². The number of hydrogen-bond acceptors (Lipinski definition) is 7. The number of nitrogens with zero attached hydrogens (tertiary/aromatic N) is 1. The number of aromatic nitrogens is 1. The van der Waals surface area contributed by atoms with Gasteiger partial charge in [0, 0.05) is 38.3 Å². The fourth-order valence-electron chi connectivity index (χ4n) is 5.85. The highest BCUT2D eigenvalue weighted by Crippen LogP contribution is 2.20. The van der Waals surface area contributed by atoms with Crippen LogP contribution in [0.1, 0.15) is 62.4 Å². The van der Waals surface area contributed by atoms with Gasteiger partial charge in [-0.15, -0.1) is 0 Å². The minimum atomic E-state index is -1.11. The summed E-state index contributed by atoms with van der Waals surface area (Å²) in [7, 11) is 0. The van der Waals surface area contributed by atoms with Crippen molar-refractivity contribution in [2.75, 3.05) is 13.1 Å². The van der Waals surface area contributed by atoms with Crippen molar-refractivity contribution >= 4 is 35.4 Å². The maximum Gasteiger partial charge on any atom is 0.253 e. The molecule has 0 spiro atoms. The number of H-pyrrole nitrogens is 1. The van der Waals surface area contributed by atoms with Crippen LogP contribution in [0.2, 0.25) is 0 Å². The number of aliphatic hydroxyl groups is 1. The van der Waals surface area contributed by atoms with Gasteiger partial charge in [-0.3, -0.25) is 28.8 Å². The monoisotopic (exact) mass is 651 g/mol. The van der Waals surface area contributed by atoms with E-state index in [0.29, 0.717) is 5.56 Å². The Kier molecular flexibility index (Phi) is 12.1. The van der Waals surface area contributed by atoms with E-state index in [0.717, 1.165) is 5.56 Å². The molecule has 1 aromatic carbocycles. The molecule has 254 valence electrons. The normalized spacial score (nSPS) is 26.7. The lowest BCUT2D eigenvalue weighted by atomic mass is 10.00. The second-order valence-corrected chi connectivity index (χ2v) is 12.6. The lowest BCUT2D eigenvalue weighted by Crippen LogP contribution is -2.59. The van der Waals surface area contributed by atoms with Crippen LogP contribution < -0.4 is 26.6 Å². The highest BCUT2D eigenvalue weighted by molar-refractivity contribution is 5.99. The predicted octanol–water partition coefficient (Wildman–Crippen LogP) is -0.252. The zero-order valence-corrected chi connectivity index (χ0v) is 27.0. The summed E-state index contributed by atoms with van der Waals surface area (Å²) in [5, 5.41) is 24.1. The smallest absolute Gasteiger partial charge is 0.253 e. The van der Waals surface area contributed by atoms with Gasteiger partial charge in [0.15, 0.2) is 0 Å². The fourth-order valence-corrected chi connectivity index (χ4v) is 5.85. The Labute approximate surface area is 273 Å². The first-order valence-corrected chi connectivity index (χ1v) is 16.1. The lowest BCUT2D eigenvalue weighted by Gasteiger charge is -2.29. The second-order valence-electron chi connectivity index (χ2n) is 12.6. The minimum absolute atomic E-state index is 0.0214.